The van der Waals surface area contributed by atoms with Gasteiger partial charge >= 0.3 is 17.9 Å². The zero-order chi connectivity index (χ0) is 29.4. The molecule has 2 aliphatic rings. The number of ether oxygens (including phenoxy) is 4. The van der Waals surface area contributed by atoms with Gasteiger partial charge in [-0.15, -0.1) is 11.8 Å². The van der Waals surface area contributed by atoms with Crippen molar-refractivity contribution >= 4 is 41.5 Å². The molecule has 1 unspecified atom stereocenters. The number of para-hydroxylation sites is 1. The van der Waals surface area contributed by atoms with Gasteiger partial charge in [-0.2, -0.15) is 0 Å². The Balaban J connectivity index is 1.15. The summed E-state index contributed by atoms with van der Waals surface area (Å²) in [6.07, 6.45) is 0.217. The van der Waals surface area contributed by atoms with Gasteiger partial charge in [0.25, 0.3) is 5.91 Å². The molecule has 0 bridgehead atoms. The van der Waals surface area contributed by atoms with Crippen LogP contribution in [-0.4, -0.2) is 70.2 Å². The van der Waals surface area contributed by atoms with Crippen LogP contribution in [0.4, 0.5) is 0 Å². The molecule has 41 heavy (non-hydrogen) atoms. The van der Waals surface area contributed by atoms with Gasteiger partial charge in [-0.3, -0.25) is 19.2 Å². The first-order valence-corrected chi connectivity index (χ1v) is 14.0. The van der Waals surface area contributed by atoms with Crippen molar-refractivity contribution in [2.45, 2.75) is 61.9 Å². The van der Waals surface area contributed by atoms with Crippen molar-refractivity contribution in [3.05, 3.63) is 66.2 Å². The van der Waals surface area contributed by atoms with Crippen molar-refractivity contribution in [2.75, 3.05) is 13.4 Å². The number of β-lactam (4-membered cyclic amide) rings is 1. The number of carbonyl (C=O) groups excluding carboxylic acids is 5. The molecule has 0 spiro atoms. The van der Waals surface area contributed by atoms with Crippen molar-refractivity contribution in [1.29, 1.82) is 0 Å². The van der Waals surface area contributed by atoms with Crippen LogP contribution >= 0.6 is 11.8 Å². The predicted octanol–water partition coefficient (Wildman–Crippen LogP) is 2.57. The molecule has 2 amide bonds. The van der Waals surface area contributed by atoms with Crippen LogP contribution in [0.25, 0.3) is 0 Å². The highest BCUT2D eigenvalue weighted by atomic mass is 32.2. The third kappa shape index (κ3) is 7.78. The molecule has 218 valence electrons. The van der Waals surface area contributed by atoms with Gasteiger partial charge in [-0.1, -0.05) is 48.5 Å². The minimum absolute atomic E-state index is 0.0454. The van der Waals surface area contributed by atoms with Gasteiger partial charge in [-0.25, -0.2) is 4.79 Å². The van der Waals surface area contributed by atoms with Gasteiger partial charge in [0.1, 0.15) is 29.8 Å². The van der Waals surface area contributed by atoms with E-state index in [2.05, 4.69) is 5.32 Å². The summed E-state index contributed by atoms with van der Waals surface area (Å²) in [7, 11) is 0. The summed E-state index contributed by atoms with van der Waals surface area (Å²) in [6, 6.07) is 16.4. The molecule has 0 aromatic heterocycles. The van der Waals surface area contributed by atoms with Gasteiger partial charge in [0, 0.05) is 17.6 Å². The Bertz CT molecular complexity index is 1260. The first-order valence-electron chi connectivity index (χ1n) is 13.1. The Kier molecular flexibility index (Phi) is 9.87. The zero-order valence-corrected chi connectivity index (χ0v) is 23.6. The average Bonchev–Trinajstić information content (AvgIpc) is 3.22. The minimum atomic E-state index is -0.920. The van der Waals surface area contributed by atoms with Crippen LogP contribution in [-0.2, 0) is 44.8 Å². The summed E-state index contributed by atoms with van der Waals surface area (Å²) in [5, 5.41) is 2.23. The van der Waals surface area contributed by atoms with Gasteiger partial charge in [0.05, 0.1) is 0 Å². The fourth-order valence-corrected chi connectivity index (χ4v) is 6.12. The highest BCUT2D eigenvalue weighted by molar-refractivity contribution is 8.01. The third-order valence-electron chi connectivity index (χ3n) is 6.52. The molecule has 0 aliphatic carbocycles. The number of nitrogens with zero attached hydrogens (tertiary/aromatic N) is 1. The Morgan fingerprint density at radius 3 is 2.22 bits per heavy atom. The second-order valence-electron chi connectivity index (χ2n) is 10.0. The topological polar surface area (TPSA) is 138 Å². The molecule has 11 nitrogen and oxygen atoms in total. The van der Waals surface area contributed by atoms with E-state index in [0.29, 0.717) is 5.75 Å². The largest absolute Gasteiger partial charge is 0.484 e. The lowest BCUT2D eigenvalue weighted by atomic mass is 9.96. The normalized spacial score (nSPS) is 20.3. The highest BCUT2D eigenvalue weighted by Gasteiger charge is 2.64. The van der Waals surface area contributed by atoms with E-state index >= 15 is 0 Å². The maximum Gasteiger partial charge on any atom is 0.333 e. The lowest BCUT2D eigenvalue weighted by Crippen LogP contribution is -2.71. The quantitative estimate of drug-likeness (QED) is 0.212. The lowest BCUT2D eigenvalue weighted by molar-refractivity contribution is -0.176. The number of thioether (sulfide) groups is 1. The Labute approximate surface area is 241 Å². The molecule has 2 aliphatic heterocycles. The Hall–Kier alpha value is -4.06. The highest BCUT2D eigenvalue weighted by Crippen LogP contribution is 2.51. The summed E-state index contributed by atoms with van der Waals surface area (Å²) in [4.78, 5) is 63.4. The van der Waals surface area contributed by atoms with E-state index in [4.69, 9.17) is 18.9 Å². The smallest absolute Gasteiger partial charge is 0.333 e. The number of rotatable bonds is 13. The number of carbonyl (C=O) groups is 5. The molecule has 2 aromatic rings. The molecule has 2 aromatic carbocycles. The first-order chi connectivity index (χ1) is 19.7. The van der Waals surface area contributed by atoms with Gasteiger partial charge in [0.15, 0.2) is 6.61 Å². The van der Waals surface area contributed by atoms with E-state index in [1.165, 1.54) is 16.7 Å². The summed E-state index contributed by atoms with van der Waals surface area (Å²) in [5.41, 5.74) is 0.867. The van der Waals surface area contributed by atoms with Crippen molar-refractivity contribution < 1.29 is 42.9 Å². The second kappa shape index (κ2) is 13.5. The van der Waals surface area contributed by atoms with Crippen LogP contribution in [0.3, 0.4) is 0 Å². The van der Waals surface area contributed by atoms with Crippen LogP contribution in [0.1, 0.15) is 38.7 Å². The maximum atomic E-state index is 12.9. The summed E-state index contributed by atoms with van der Waals surface area (Å²) >= 11 is 1.38. The van der Waals surface area contributed by atoms with Crippen molar-refractivity contribution in [2.24, 2.45) is 0 Å². The zero-order valence-electron chi connectivity index (χ0n) is 22.8. The molecule has 12 heteroatoms. The van der Waals surface area contributed by atoms with Gasteiger partial charge < -0.3 is 29.2 Å². The van der Waals surface area contributed by atoms with E-state index in [0.717, 1.165) is 5.56 Å². The van der Waals surface area contributed by atoms with E-state index in [9.17, 15) is 24.0 Å². The Morgan fingerprint density at radius 2 is 1.54 bits per heavy atom. The number of hydrogen-bond donors (Lipinski definition) is 1. The summed E-state index contributed by atoms with van der Waals surface area (Å²) in [6.45, 7) is 2.90. The molecule has 3 atom stereocenters. The van der Waals surface area contributed by atoms with Crippen molar-refractivity contribution in [3.63, 3.8) is 0 Å². The van der Waals surface area contributed by atoms with Crippen molar-refractivity contribution in [3.8, 4) is 5.75 Å². The third-order valence-corrected chi connectivity index (χ3v) is 8.09. The molecule has 2 saturated heterocycles. The monoisotopic (exact) mass is 584 g/mol. The number of hydrogen-bond acceptors (Lipinski definition) is 10. The molecule has 0 saturated carbocycles. The average molecular weight is 585 g/mol. The number of benzene rings is 2. The van der Waals surface area contributed by atoms with Gasteiger partial charge in [-0.05, 0) is 38.0 Å². The standard InChI is InChI=1S/C29H32N2O9S/c1-29(2)25(31-26(35)24(27(31)41-29)30-21(32)17-37-20-12-7-4-8-13-20)28(36)40-18-39-23(34)15-9-14-22(33)38-16-19-10-5-3-6-11-19/h3-8,10-13,24-25,27H,9,14-18H2,1-2H3,(H,30,32)/t24?,25-,27+/m0/s1. The minimum Gasteiger partial charge on any atom is -0.484 e. The fraction of sp³-hybridized carbons (Fsp3) is 0.414. The number of nitrogens with one attached hydrogen (secondary N) is 1. The lowest BCUT2D eigenvalue weighted by Gasteiger charge is -2.43. The molecule has 1 N–H and O–H groups in total. The van der Waals surface area contributed by atoms with Crippen molar-refractivity contribution in [1.82, 2.24) is 10.2 Å². The van der Waals surface area contributed by atoms with E-state index in [-0.39, 0.29) is 32.5 Å². The number of amides is 2. The van der Waals surface area contributed by atoms with Gasteiger partial charge in [0.2, 0.25) is 12.7 Å². The maximum absolute atomic E-state index is 12.9. The SMILES string of the molecule is CC1(C)S[C@@H]2C(NC(=O)COc3ccccc3)C(=O)N2[C@H]1C(=O)OCOC(=O)CCCC(=O)OCc1ccccc1. The van der Waals surface area contributed by atoms with Crippen LogP contribution in [0, 0.1) is 0 Å². The second-order valence-corrected chi connectivity index (χ2v) is 11.8. The summed E-state index contributed by atoms with van der Waals surface area (Å²) in [5.74, 6) is -2.10. The predicted molar refractivity (Wildman–Crippen MR) is 147 cm³/mol. The molecular weight excluding hydrogens is 552 g/mol. The summed E-state index contributed by atoms with van der Waals surface area (Å²) < 4.78 is 20.0. The fourth-order valence-electron chi connectivity index (χ4n) is 4.50. The Morgan fingerprint density at radius 1 is 0.902 bits per heavy atom. The van der Waals surface area contributed by atoms with E-state index in [1.54, 1.807) is 38.1 Å². The van der Waals surface area contributed by atoms with E-state index < -0.39 is 58.7 Å². The number of esters is 3. The van der Waals surface area contributed by atoms with Crippen LogP contribution in [0.5, 0.6) is 5.75 Å². The van der Waals surface area contributed by atoms with Crippen LogP contribution in [0.15, 0.2) is 60.7 Å². The molecule has 2 fully saturated rings. The van der Waals surface area contributed by atoms with E-state index in [1.807, 2.05) is 36.4 Å². The van der Waals surface area contributed by atoms with Crippen LogP contribution < -0.4 is 10.1 Å². The van der Waals surface area contributed by atoms with Crippen LogP contribution in [0.2, 0.25) is 0 Å². The molecule has 0 radical (unpaired) electrons. The molecular formula is C29H32N2O9S. The first kappa shape index (κ1) is 29.9. The number of fused-ring (bicyclic) bond motifs is 1. The molecule has 2 heterocycles. The molecule has 4 rings (SSSR count).